The van der Waals surface area contributed by atoms with Gasteiger partial charge in [0.1, 0.15) is 18.8 Å². The fourth-order valence-corrected chi connectivity index (χ4v) is 0.687. The Morgan fingerprint density at radius 3 is 2.38 bits per heavy atom. The summed E-state index contributed by atoms with van der Waals surface area (Å²) in [7, 11) is 2.16. The smallest absolute Gasteiger partial charge is 0.133 e. The number of hydrogen-bond donors (Lipinski definition) is 1. The Hall–Kier alpha value is -0.340. The molecule has 0 aromatic carbocycles. The SMILES string of the molecule is C=C(CN)[N+]1(C)CC1. The second kappa shape index (κ2) is 1.57. The normalized spacial score (nSPS) is 22.8. The highest BCUT2D eigenvalue weighted by atomic mass is 15.5. The van der Waals surface area contributed by atoms with E-state index in [9.17, 15) is 0 Å². The van der Waals surface area contributed by atoms with Crippen molar-refractivity contribution >= 4 is 0 Å². The molecule has 46 valence electrons. The van der Waals surface area contributed by atoms with Gasteiger partial charge in [-0.15, -0.1) is 0 Å². The molecule has 0 bridgehead atoms. The Kier molecular flexibility index (Phi) is 1.14. The van der Waals surface area contributed by atoms with E-state index in [4.69, 9.17) is 5.73 Å². The number of hydrogen-bond acceptors (Lipinski definition) is 1. The molecule has 1 aliphatic heterocycles. The lowest BCUT2D eigenvalue weighted by Gasteiger charge is -2.10. The van der Waals surface area contributed by atoms with Crippen molar-refractivity contribution in [1.29, 1.82) is 0 Å². The third-order valence-corrected chi connectivity index (χ3v) is 1.89. The molecule has 0 unspecified atom stereocenters. The van der Waals surface area contributed by atoms with Gasteiger partial charge in [-0.2, -0.15) is 0 Å². The van der Waals surface area contributed by atoms with Crippen molar-refractivity contribution in [3.8, 4) is 0 Å². The first-order valence-electron chi connectivity index (χ1n) is 2.92. The van der Waals surface area contributed by atoms with E-state index in [0.29, 0.717) is 6.54 Å². The molecule has 2 N–H and O–H groups in total. The van der Waals surface area contributed by atoms with Crippen molar-refractivity contribution in [3.05, 3.63) is 12.3 Å². The highest BCUT2D eigenvalue weighted by molar-refractivity contribution is 4.88. The lowest BCUT2D eigenvalue weighted by molar-refractivity contribution is -0.734. The van der Waals surface area contributed by atoms with Crippen molar-refractivity contribution in [2.24, 2.45) is 5.73 Å². The molecule has 1 aliphatic rings. The van der Waals surface area contributed by atoms with Gasteiger partial charge >= 0.3 is 0 Å². The molecule has 0 spiro atoms. The van der Waals surface area contributed by atoms with Crippen LogP contribution in [0.1, 0.15) is 0 Å². The summed E-state index contributed by atoms with van der Waals surface area (Å²) in [6.45, 7) is 6.95. The van der Waals surface area contributed by atoms with E-state index in [1.807, 2.05) is 0 Å². The average Bonchev–Trinajstić information content (AvgIpc) is 2.47. The van der Waals surface area contributed by atoms with Crippen LogP contribution in [0.3, 0.4) is 0 Å². The quantitative estimate of drug-likeness (QED) is 0.393. The summed E-state index contributed by atoms with van der Waals surface area (Å²) in [5.41, 5.74) is 6.54. The zero-order valence-electron chi connectivity index (χ0n) is 5.35. The van der Waals surface area contributed by atoms with Crippen LogP contribution in [0.25, 0.3) is 0 Å². The molecule has 2 heteroatoms. The predicted molar refractivity (Wildman–Crippen MR) is 34.1 cm³/mol. The maximum atomic E-state index is 5.38. The van der Waals surface area contributed by atoms with Crippen LogP contribution in [0.15, 0.2) is 12.3 Å². The lowest BCUT2D eigenvalue weighted by Crippen LogP contribution is -2.23. The third kappa shape index (κ3) is 0.767. The van der Waals surface area contributed by atoms with E-state index in [1.54, 1.807) is 0 Å². The van der Waals surface area contributed by atoms with Gasteiger partial charge in [0, 0.05) is 0 Å². The molecule has 0 aliphatic carbocycles. The highest BCUT2D eigenvalue weighted by Crippen LogP contribution is 2.22. The van der Waals surface area contributed by atoms with E-state index in [0.717, 1.165) is 10.2 Å². The number of quaternary nitrogens is 1. The predicted octanol–water partition coefficient (Wildman–Crippen LogP) is -0.0810. The Morgan fingerprint density at radius 1 is 1.75 bits per heavy atom. The minimum atomic E-state index is 0.635. The first kappa shape index (κ1) is 5.79. The summed E-state index contributed by atoms with van der Waals surface area (Å²) in [6.07, 6.45) is 0. The largest absolute Gasteiger partial charge is 0.322 e. The van der Waals surface area contributed by atoms with Gasteiger partial charge in [0.25, 0.3) is 0 Å². The van der Waals surface area contributed by atoms with Crippen LogP contribution in [0.4, 0.5) is 0 Å². The van der Waals surface area contributed by atoms with E-state index in [1.165, 1.54) is 13.1 Å². The first-order chi connectivity index (χ1) is 3.69. The topological polar surface area (TPSA) is 26.0 Å². The Balaban J connectivity index is 2.46. The van der Waals surface area contributed by atoms with E-state index in [2.05, 4.69) is 13.6 Å². The number of likely N-dealkylation sites (N-methyl/N-ethyl adjacent to an activating group) is 1. The number of rotatable bonds is 2. The summed E-state index contributed by atoms with van der Waals surface area (Å²) in [4.78, 5) is 0. The molecule has 0 aromatic heterocycles. The van der Waals surface area contributed by atoms with Crippen molar-refractivity contribution in [2.45, 2.75) is 0 Å². The standard InChI is InChI=1S/C6H13N2/c1-6(5-7)8(2)3-4-8/h1,3-5,7H2,2H3/q+1. The van der Waals surface area contributed by atoms with Crippen LogP contribution in [0.2, 0.25) is 0 Å². The molecule has 1 fully saturated rings. The van der Waals surface area contributed by atoms with Gasteiger partial charge in [-0.3, -0.25) is 4.48 Å². The maximum absolute atomic E-state index is 5.38. The fourth-order valence-electron chi connectivity index (χ4n) is 0.687. The van der Waals surface area contributed by atoms with E-state index < -0.39 is 0 Å². The van der Waals surface area contributed by atoms with Gasteiger partial charge in [-0.1, -0.05) is 0 Å². The van der Waals surface area contributed by atoms with Crippen LogP contribution in [0, 0.1) is 0 Å². The summed E-state index contributed by atoms with van der Waals surface area (Å²) in [6, 6.07) is 0. The molecule has 1 saturated heterocycles. The van der Waals surface area contributed by atoms with Gasteiger partial charge in [-0.05, 0) is 6.58 Å². The van der Waals surface area contributed by atoms with Gasteiger partial charge in [0.2, 0.25) is 0 Å². The number of nitrogens with two attached hydrogens (primary N) is 1. The molecule has 1 rings (SSSR count). The summed E-state index contributed by atoms with van der Waals surface area (Å²) in [5.74, 6) is 0. The Morgan fingerprint density at radius 2 is 2.25 bits per heavy atom. The van der Waals surface area contributed by atoms with Gasteiger partial charge < -0.3 is 5.73 Å². The molecule has 0 atom stereocenters. The first-order valence-corrected chi connectivity index (χ1v) is 2.92. The van der Waals surface area contributed by atoms with Crippen LogP contribution >= 0.6 is 0 Å². The number of nitrogens with zero attached hydrogens (tertiary/aromatic N) is 1. The van der Waals surface area contributed by atoms with Crippen LogP contribution in [-0.4, -0.2) is 31.2 Å². The maximum Gasteiger partial charge on any atom is 0.133 e. The van der Waals surface area contributed by atoms with Crippen LogP contribution < -0.4 is 5.73 Å². The van der Waals surface area contributed by atoms with Crippen LogP contribution in [-0.2, 0) is 0 Å². The lowest BCUT2D eigenvalue weighted by atomic mass is 10.4. The zero-order valence-corrected chi connectivity index (χ0v) is 5.35. The monoisotopic (exact) mass is 113 g/mol. The molecule has 2 nitrogen and oxygen atoms in total. The zero-order chi connectivity index (χ0) is 6.20. The second-order valence-electron chi connectivity index (χ2n) is 2.61. The summed E-state index contributed by atoms with van der Waals surface area (Å²) >= 11 is 0. The van der Waals surface area contributed by atoms with E-state index >= 15 is 0 Å². The molecular formula is C6H13N2+. The van der Waals surface area contributed by atoms with Gasteiger partial charge in [-0.25, -0.2) is 0 Å². The summed E-state index contributed by atoms with van der Waals surface area (Å²) in [5, 5.41) is 0. The van der Waals surface area contributed by atoms with Crippen LogP contribution in [0.5, 0.6) is 0 Å². The highest BCUT2D eigenvalue weighted by Gasteiger charge is 2.39. The van der Waals surface area contributed by atoms with Crippen molar-refractivity contribution in [2.75, 3.05) is 26.7 Å². The molecule has 0 saturated carbocycles. The molecule has 0 amide bonds. The molecule has 0 aromatic rings. The van der Waals surface area contributed by atoms with Gasteiger partial charge in [0.05, 0.1) is 13.6 Å². The van der Waals surface area contributed by atoms with Crippen molar-refractivity contribution in [3.63, 3.8) is 0 Å². The summed E-state index contributed by atoms with van der Waals surface area (Å²) < 4.78 is 1.01. The Bertz CT molecular complexity index is 114. The van der Waals surface area contributed by atoms with Crippen molar-refractivity contribution < 1.29 is 4.48 Å². The molecule has 0 radical (unpaired) electrons. The molecular weight excluding hydrogens is 100 g/mol. The minimum Gasteiger partial charge on any atom is -0.322 e. The van der Waals surface area contributed by atoms with Crippen molar-refractivity contribution in [1.82, 2.24) is 0 Å². The average molecular weight is 113 g/mol. The Labute approximate surface area is 50.2 Å². The molecule has 1 heterocycles. The third-order valence-electron chi connectivity index (χ3n) is 1.89. The fraction of sp³-hybridized carbons (Fsp3) is 0.667. The van der Waals surface area contributed by atoms with E-state index in [-0.39, 0.29) is 0 Å². The molecule has 8 heavy (non-hydrogen) atoms. The minimum absolute atomic E-state index is 0.635. The second-order valence-corrected chi connectivity index (χ2v) is 2.61. The van der Waals surface area contributed by atoms with Gasteiger partial charge in [0.15, 0.2) is 0 Å².